The minimum absolute atomic E-state index is 0.0553. The number of nitrogens with zero attached hydrogens (tertiary/aromatic N) is 2. The van der Waals surface area contributed by atoms with Gasteiger partial charge in [0.15, 0.2) is 0 Å². The normalized spacial score (nSPS) is 17.6. The molecule has 25 heavy (non-hydrogen) atoms. The van der Waals surface area contributed by atoms with E-state index in [9.17, 15) is 18.0 Å². The number of hydrogen-bond donors (Lipinski definition) is 0. The molecule has 0 aliphatic carbocycles. The van der Waals surface area contributed by atoms with Crippen molar-refractivity contribution in [3.63, 3.8) is 0 Å². The lowest BCUT2D eigenvalue weighted by Gasteiger charge is -2.17. The van der Waals surface area contributed by atoms with E-state index < -0.39 is 11.7 Å². The second-order valence-electron chi connectivity index (χ2n) is 5.91. The van der Waals surface area contributed by atoms with Crippen LogP contribution in [0.25, 0.3) is 0 Å². The fourth-order valence-electron chi connectivity index (χ4n) is 2.78. The number of carbonyl (C=O) groups is 1. The van der Waals surface area contributed by atoms with Crippen LogP contribution >= 0.6 is 0 Å². The summed E-state index contributed by atoms with van der Waals surface area (Å²) < 4.78 is 44.0. The highest BCUT2D eigenvalue weighted by Gasteiger charge is 2.31. The zero-order valence-electron chi connectivity index (χ0n) is 13.4. The minimum atomic E-state index is -4.41. The number of carbonyl (C=O) groups excluding carboxylic acids is 1. The monoisotopic (exact) mass is 350 g/mol. The van der Waals surface area contributed by atoms with E-state index in [2.05, 4.69) is 4.98 Å². The van der Waals surface area contributed by atoms with Gasteiger partial charge in [-0.1, -0.05) is 24.3 Å². The van der Waals surface area contributed by atoms with E-state index >= 15 is 0 Å². The summed E-state index contributed by atoms with van der Waals surface area (Å²) in [6.07, 6.45) is -2.32. The summed E-state index contributed by atoms with van der Waals surface area (Å²) in [5.74, 6) is 0.297. The maximum atomic E-state index is 12.7. The van der Waals surface area contributed by atoms with E-state index in [-0.39, 0.29) is 18.4 Å². The Hall–Kier alpha value is -2.57. The highest BCUT2D eigenvalue weighted by molar-refractivity contribution is 5.79. The van der Waals surface area contributed by atoms with Crippen LogP contribution in [-0.2, 0) is 17.4 Å². The first-order valence-corrected chi connectivity index (χ1v) is 7.93. The number of ether oxygens (including phenoxy) is 1. The summed E-state index contributed by atoms with van der Waals surface area (Å²) >= 11 is 0. The average Bonchev–Trinajstić information content (AvgIpc) is 3.04. The number of alkyl halides is 3. The highest BCUT2D eigenvalue weighted by atomic mass is 19.4. The van der Waals surface area contributed by atoms with Crippen LogP contribution in [0.5, 0.6) is 5.88 Å². The molecule has 1 aromatic heterocycles. The van der Waals surface area contributed by atoms with Crippen molar-refractivity contribution in [2.45, 2.75) is 25.1 Å². The molecule has 0 saturated carbocycles. The topological polar surface area (TPSA) is 42.4 Å². The molecule has 1 aliphatic heterocycles. The molecule has 3 rings (SSSR count). The third-order valence-electron chi connectivity index (χ3n) is 4.03. The molecule has 1 fully saturated rings. The van der Waals surface area contributed by atoms with Crippen LogP contribution in [0.4, 0.5) is 13.2 Å². The first kappa shape index (κ1) is 17.3. The molecule has 2 aromatic rings. The van der Waals surface area contributed by atoms with Crippen LogP contribution < -0.4 is 4.74 Å². The van der Waals surface area contributed by atoms with Crippen LogP contribution in [0.3, 0.4) is 0 Å². The second-order valence-corrected chi connectivity index (χ2v) is 5.91. The van der Waals surface area contributed by atoms with Crippen LogP contribution in [0.15, 0.2) is 48.7 Å². The van der Waals surface area contributed by atoms with Crippen molar-refractivity contribution in [3.8, 4) is 5.88 Å². The van der Waals surface area contributed by atoms with Crippen LogP contribution in [0.1, 0.15) is 17.5 Å². The second kappa shape index (κ2) is 7.13. The van der Waals surface area contributed by atoms with Crippen molar-refractivity contribution >= 4 is 5.91 Å². The lowest BCUT2D eigenvalue weighted by atomic mass is 10.1. The number of amides is 1. The first-order chi connectivity index (χ1) is 11.9. The van der Waals surface area contributed by atoms with Gasteiger partial charge in [-0.2, -0.15) is 13.2 Å². The molecule has 1 aromatic carbocycles. The zero-order chi connectivity index (χ0) is 17.9. The number of hydrogen-bond acceptors (Lipinski definition) is 3. The maximum Gasteiger partial charge on any atom is 0.416 e. The van der Waals surface area contributed by atoms with Gasteiger partial charge < -0.3 is 9.64 Å². The quantitative estimate of drug-likeness (QED) is 0.850. The van der Waals surface area contributed by atoms with Crippen molar-refractivity contribution in [2.75, 3.05) is 13.1 Å². The van der Waals surface area contributed by atoms with Gasteiger partial charge in [-0.3, -0.25) is 4.79 Å². The largest absolute Gasteiger partial charge is 0.472 e. The van der Waals surface area contributed by atoms with Crippen molar-refractivity contribution in [3.05, 3.63) is 59.8 Å². The molecule has 132 valence electrons. The smallest absolute Gasteiger partial charge is 0.416 e. The van der Waals surface area contributed by atoms with Gasteiger partial charge in [0, 0.05) is 25.2 Å². The molecule has 0 bridgehead atoms. The Labute approximate surface area is 143 Å². The molecule has 1 amide bonds. The van der Waals surface area contributed by atoms with E-state index in [4.69, 9.17) is 4.74 Å². The standard InChI is InChI=1S/C18H17F3N2O2/c19-18(20,21)14-5-3-4-13(10-14)11-17(24)23-9-7-15(12-23)25-16-6-1-2-8-22-16/h1-6,8,10,15H,7,9,11-12H2. The van der Waals surface area contributed by atoms with E-state index in [0.717, 1.165) is 12.1 Å². The molecular weight excluding hydrogens is 333 g/mol. The Bertz CT molecular complexity index is 735. The van der Waals surface area contributed by atoms with E-state index in [1.807, 2.05) is 6.07 Å². The van der Waals surface area contributed by atoms with Gasteiger partial charge in [-0.15, -0.1) is 0 Å². The molecule has 1 unspecified atom stereocenters. The van der Waals surface area contributed by atoms with E-state index in [0.29, 0.717) is 31.0 Å². The summed E-state index contributed by atoms with van der Waals surface area (Å²) in [4.78, 5) is 18.0. The van der Waals surface area contributed by atoms with Gasteiger partial charge in [0.05, 0.1) is 18.5 Å². The number of aromatic nitrogens is 1. The summed E-state index contributed by atoms with van der Waals surface area (Å²) in [5.41, 5.74) is -0.385. The molecule has 0 spiro atoms. The summed E-state index contributed by atoms with van der Waals surface area (Å²) in [7, 11) is 0. The highest BCUT2D eigenvalue weighted by Crippen LogP contribution is 2.29. The van der Waals surface area contributed by atoms with Gasteiger partial charge in [0.25, 0.3) is 0 Å². The number of rotatable bonds is 4. The molecule has 0 radical (unpaired) electrons. The van der Waals surface area contributed by atoms with Gasteiger partial charge in [0.1, 0.15) is 6.10 Å². The summed E-state index contributed by atoms with van der Waals surface area (Å²) in [5, 5.41) is 0. The molecular formula is C18H17F3N2O2. The van der Waals surface area contributed by atoms with Crippen molar-refractivity contribution < 1.29 is 22.7 Å². The Morgan fingerprint density at radius 1 is 1.24 bits per heavy atom. The van der Waals surface area contributed by atoms with Gasteiger partial charge in [0.2, 0.25) is 11.8 Å². The number of pyridine rings is 1. The molecule has 1 atom stereocenters. The Balaban J connectivity index is 1.58. The molecule has 7 heteroatoms. The first-order valence-electron chi connectivity index (χ1n) is 7.93. The lowest BCUT2D eigenvalue weighted by Crippen LogP contribution is -2.32. The molecule has 1 saturated heterocycles. The zero-order valence-corrected chi connectivity index (χ0v) is 13.4. The van der Waals surface area contributed by atoms with Crippen LogP contribution in [-0.4, -0.2) is 35.0 Å². The lowest BCUT2D eigenvalue weighted by molar-refractivity contribution is -0.138. The SMILES string of the molecule is O=C(Cc1cccc(C(F)(F)F)c1)N1CCC(Oc2ccccn2)C1. The predicted molar refractivity (Wildman–Crippen MR) is 85.0 cm³/mol. The van der Waals surface area contributed by atoms with Crippen LogP contribution in [0, 0.1) is 0 Å². The van der Waals surface area contributed by atoms with Crippen LogP contribution in [0.2, 0.25) is 0 Å². The number of likely N-dealkylation sites (tertiary alicyclic amines) is 1. The van der Waals surface area contributed by atoms with E-state index in [1.165, 1.54) is 12.1 Å². The predicted octanol–water partition coefficient (Wildman–Crippen LogP) is 3.32. The van der Waals surface area contributed by atoms with E-state index in [1.54, 1.807) is 23.2 Å². The Kier molecular flexibility index (Phi) is 4.92. The number of halogens is 3. The fourth-order valence-corrected chi connectivity index (χ4v) is 2.78. The third-order valence-corrected chi connectivity index (χ3v) is 4.03. The summed E-state index contributed by atoms with van der Waals surface area (Å²) in [6.45, 7) is 0.934. The van der Waals surface area contributed by atoms with Gasteiger partial charge in [-0.05, 0) is 17.7 Å². The Morgan fingerprint density at radius 3 is 2.80 bits per heavy atom. The minimum Gasteiger partial charge on any atom is -0.472 e. The van der Waals surface area contributed by atoms with Gasteiger partial charge in [-0.25, -0.2) is 4.98 Å². The molecule has 2 heterocycles. The molecule has 1 aliphatic rings. The van der Waals surface area contributed by atoms with Gasteiger partial charge >= 0.3 is 6.18 Å². The average molecular weight is 350 g/mol. The third kappa shape index (κ3) is 4.49. The molecule has 0 N–H and O–H groups in total. The number of benzene rings is 1. The van der Waals surface area contributed by atoms with Crippen molar-refractivity contribution in [1.82, 2.24) is 9.88 Å². The molecule has 4 nitrogen and oxygen atoms in total. The fraction of sp³-hybridized carbons (Fsp3) is 0.333. The van der Waals surface area contributed by atoms with Crippen molar-refractivity contribution in [2.24, 2.45) is 0 Å². The maximum absolute atomic E-state index is 12.7. The summed E-state index contributed by atoms with van der Waals surface area (Å²) in [6, 6.07) is 10.2. The van der Waals surface area contributed by atoms with Crippen molar-refractivity contribution in [1.29, 1.82) is 0 Å². The Morgan fingerprint density at radius 2 is 2.08 bits per heavy atom.